The molecule has 1 N–H and O–H groups in total. The normalized spacial score (nSPS) is 21.4. The van der Waals surface area contributed by atoms with Gasteiger partial charge in [0.1, 0.15) is 0 Å². The van der Waals surface area contributed by atoms with Gasteiger partial charge in [0, 0.05) is 26.7 Å². The van der Waals surface area contributed by atoms with Gasteiger partial charge in [-0.15, -0.1) is 0 Å². The smallest absolute Gasteiger partial charge is 0.219 e. The molecule has 13 heavy (non-hydrogen) atoms. The number of nitrogens with zero attached hydrogens (tertiary/aromatic N) is 1. The van der Waals surface area contributed by atoms with Crippen molar-refractivity contribution in [3.05, 3.63) is 0 Å². The second kappa shape index (κ2) is 5.19. The molecule has 1 heterocycles. The van der Waals surface area contributed by atoms with Gasteiger partial charge >= 0.3 is 0 Å². The fraction of sp³-hybridized carbons (Fsp3) is 0.889. The number of amides is 1. The van der Waals surface area contributed by atoms with Crippen LogP contribution in [-0.2, 0) is 9.53 Å². The summed E-state index contributed by atoms with van der Waals surface area (Å²) in [5.74, 6) is 0.127. The first kappa shape index (κ1) is 10.5. The highest BCUT2D eigenvalue weighted by Crippen LogP contribution is 2.17. The first-order chi connectivity index (χ1) is 6.25. The van der Waals surface area contributed by atoms with Crippen molar-refractivity contribution in [1.82, 2.24) is 4.90 Å². The van der Waals surface area contributed by atoms with Gasteiger partial charge in [0.15, 0.2) is 0 Å². The van der Waals surface area contributed by atoms with Crippen LogP contribution in [0.3, 0.4) is 0 Å². The summed E-state index contributed by atoms with van der Waals surface area (Å²) in [4.78, 5) is 12.8. The van der Waals surface area contributed by atoms with Crippen molar-refractivity contribution >= 4 is 5.91 Å². The second-order valence-corrected chi connectivity index (χ2v) is 3.31. The summed E-state index contributed by atoms with van der Waals surface area (Å²) in [6, 6.07) is 0.274. The van der Waals surface area contributed by atoms with Gasteiger partial charge in [-0.25, -0.2) is 0 Å². The molecule has 0 saturated carbocycles. The van der Waals surface area contributed by atoms with Gasteiger partial charge in [-0.2, -0.15) is 0 Å². The quantitative estimate of drug-likeness (QED) is 0.617. The van der Waals surface area contributed by atoms with Crippen LogP contribution in [0, 0.1) is 0 Å². The van der Waals surface area contributed by atoms with Crippen molar-refractivity contribution in [2.75, 3.05) is 26.4 Å². The lowest BCUT2D eigenvalue weighted by molar-refractivity contribution is -0.138. The molecule has 1 fully saturated rings. The summed E-state index contributed by atoms with van der Waals surface area (Å²) in [5.41, 5.74) is 0. The van der Waals surface area contributed by atoms with E-state index in [1.165, 1.54) is 0 Å². The van der Waals surface area contributed by atoms with E-state index in [0.29, 0.717) is 19.6 Å². The van der Waals surface area contributed by atoms with Crippen LogP contribution < -0.4 is 0 Å². The molecule has 1 aliphatic heterocycles. The highest BCUT2D eigenvalue weighted by molar-refractivity contribution is 5.74. The van der Waals surface area contributed by atoms with Crippen molar-refractivity contribution in [2.24, 2.45) is 0 Å². The maximum atomic E-state index is 11.0. The van der Waals surface area contributed by atoms with Crippen LogP contribution in [0.4, 0.5) is 0 Å². The van der Waals surface area contributed by atoms with Crippen LogP contribution in [0.15, 0.2) is 0 Å². The van der Waals surface area contributed by atoms with Gasteiger partial charge in [0.05, 0.1) is 12.6 Å². The predicted octanol–water partition coefficient (Wildman–Crippen LogP) is 0.00620. The summed E-state index contributed by atoms with van der Waals surface area (Å²) in [7, 11) is 0. The summed E-state index contributed by atoms with van der Waals surface area (Å²) in [6.07, 6.45) is 1.71. The molecule has 1 saturated heterocycles. The minimum absolute atomic E-state index is 0.127. The van der Waals surface area contributed by atoms with Gasteiger partial charge in [0.25, 0.3) is 0 Å². The summed E-state index contributed by atoms with van der Waals surface area (Å²) >= 11 is 0. The zero-order valence-electron chi connectivity index (χ0n) is 8.03. The van der Waals surface area contributed by atoms with Crippen LogP contribution in [0.5, 0.6) is 0 Å². The van der Waals surface area contributed by atoms with Crippen LogP contribution in [0.1, 0.15) is 19.8 Å². The fourth-order valence-corrected chi connectivity index (χ4v) is 1.41. The number of ether oxygens (including phenoxy) is 1. The molecule has 76 valence electrons. The van der Waals surface area contributed by atoms with Gasteiger partial charge in [-0.1, -0.05) is 0 Å². The van der Waals surface area contributed by atoms with E-state index in [1.807, 2.05) is 4.90 Å². The molecule has 0 aromatic heterocycles. The molecule has 4 nitrogen and oxygen atoms in total. The Labute approximate surface area is 78.5 Å². The highest BCUT2D eigenvalue weighted by atomic mass is 16.5. The second-order valence-electron chi connectivity index (χ2n) is 3.31. The standard InChI is InChI=1S/C9H17NO3/c1-8(12)10-4-3-9(10)7-13-6-2-5-11/h9,11H,2-7H2,1H3. The van der Waals surface area contributed by atoms with E-state index < -0.39 is 0 Å². The maximum absolute atomic E-state index is 11.0. The number of rotatable bonds is 5. The molecule has 1 amide bonds. The minimum atomic E-state index is 0.127. The first-order valence-corrected chi connectivity index (χ1v) is 4.71. The Hall–Kier alpha value is -0.610. The van der Waals surface area contributed by atoms with E-state index in [2.05, 4.69) is 0 Å². The lowest BCUT2D eigenvalue weighted by Gasteiger charge is -2.40. The Bertz CT molecular complexity index is 172. The molecule has 0 radical (unpaired) electrons. The van der Waals surface area contributed by atoms with E-state index in [4.69, 9.17) is 9.84 Å². The molecule has 0 spiro atoms. The number of aliphatic hydroxyl groups excluding tert-OH is 1. The fourth-order valence-electron chi connectivity index (χ4n) is 1.41. The van der Waals surface area contributed by atoms with Gasteiger partial charge in [-0.3, -0.25) is 4.79 Å². The molecular weight excluding hydrogens is 170 g/mol. The summed E-state index contributed by atoms with van der Waals surface area (Å²) < 4.78 is 5.30. The molecule has 0 aromatic rings. The lowest BCUT2D eigenvalue weighted by atomic mass is 10.0. The third-order valence-electron chi connectivity index (χ3n) is 2.31. The largest absolute Gasteiger partial charge is 0.396 e. The Kier molecular flexibility index (Phi) is 4.18. The van der Waals surface area contributed by atoms with E-state index in [1.54, 1.807) is 6.92 Å². The van der Waals surface area contributed by atoms with E-state index in [0.717, 1.165) is 13.0 Å². The zero-order chi connectivity index (χ0) is 9.68. The highest BCUT2D eigenvalue weighted by Gasteiger charge is 2.29. The number of carbonyl (C=O) groups excluding carboxylic acids is 1. The van der Waals surface area contributed by atoms with Crippen molar-refractivity contribution < 1.29 is 14.6 Å². The molecule has 1 aliphatic rings. The van der Waals surface area contributed by atoms with E-state index in [9.17, 15) is 4.79 Å². The molecule has 0 bridgehead atoms. The number of carbonyl (C=O) groups is 1. The minimum Gasteiger partial charge on any atom is -0.396 e. The van der Waals surface area contributed by atoms with Crippen molar-refractivity contribution in [1.29, 1.82) is 0 Å². The predicted molar refractivity (Wildman–Crippen MR) is 48.3 cm³/mol. The van der Waals surface area contributed by atoms with Crippen molar-refractivity contribution in [2.45, 2.75) is 25.8 Å². The van der Waals surface area contributed by atoms with Crippen LogP contribution in [0.25, 0.3) is 0 Å². The third-order valence-corrected chi connectivity index (χ3v) is 2.31. The summed E-state index contributed by atoms with van der Waals surface area (Å²) in [5, 5.41) is 8.50. The summed E-state index contributed by atoms with van der Waals surface area (Å²) in [6.45, 7) is 3.81. The van der Waals surface area contributed by atoms with Crippen LogP contribution >= 0.6 is 0 Å². The van der Waals surface area contributed by atoms with Crippen molar-refractivity contribution in [3.63, 3.8) is 0 Å². The molecule has 1 rings (SSSR count). The Balaban J connectivity index is 2.05. The monoisotopic (exact) mass is 187 g/mol. The average molecular weight is 187 g/mol. The van der Waals surface area contributed by atoms with Crippen LogP contribution in [0.2, 0.25) is 0 Å². The third kappa shape index (κ3) is 2.97. The molecular formula is C9H17NO3. The van der Waals surface area contributed by atoms with E-state index in [-0.39, 0.29) is 18.6 Å². The zero-order valence-corrected chi connectivity index (χ0v) is 8.03. The SMILES string of the molecule is CC(=O)N1CCC1COCCCO. The molecule has 1 unspecified atom stereocenters. The Morgan fingerprint density at radius 1 is 1.69 bits per heavy atom. The van der Waals surface area contributed by atoms with Crippen LogP contribution in [-0.4, -0.2) is 48.3 Å². The first-order valence-electron chi connectivity index (χ1n) is 4.71. The van der Waals surface area contributed by atoms with Gasteiger partial charge < -0.3 is 14.7 Å². The molecule has 4 heteroatoms. The number of hydrogen-bond donors (Lipinski definition) is 1. The molecule has 0 aromatic carbocycles. The Morgan fingerprint density at radius 3 is 2.92 bits per heavy atom. The number of aliphatic hydroxyl groups is 1. The van der Waals surface area contributed by atoms with Crippen molar-refractivity contribution in [3.8, 4) is 0 Å². The maximum Gasteiger partial charge on any atom is 0.219 e. The molecule has 0 aliphatic carbocycles. The van der Waals surface area contributed by atoms with Gasteiger partial charge in [-0.05, 0) is 12.8 Å². The average Bonchev–Trinajstić information content (AvgIpc) is 2.01. The van der Waals surface area contributed by atoms with Gasteiger partial charge in [0.2, 0.25) is 5.91 Å². The number of hydrogen-bond acceptors (Lipinski definition) is 3. The number of likely N-dealkylation sites (tertiary alicyclic amines) is 1. The Morgan fingerprint density at radius 2 is 2.46 bits per heavy atom. The topological polar surface area (TPSA) is 49.8 Å². The lowest BCUT2D eigenvalue weighted by Crippen LogP contribution is -2.52. The van der Waals surface area contributed by atoms with E-state index >= 15 is 0 Å². The molecule has 1 atom stereocenters.